The van der Waals surface area contributed by atoms with Crippen LogP contribution in [0.2, 0.25) is 0 Å². The summed E-state index contributed by atoms with van der Waals surface area (Å²) in [6.45, 7) is 4.37. The van der Waals surface area contributed by atoms with Crippen LogP contribution in [-0.4, -0.2) is 34.2 Å². The lowest BCUT2D eigenvalue weighted by Crippen LogP contribution is -2.36. The van der Waals surface area contributed by atoms with E-state index in [1.54, 1.807) is 24.3 Å². The van der Waals surface area contributed by atoms with Gasteiger partial charge in [0.25, 0.3) is 0 Å². The van der Waals surface area contributed by atoms with Crippen molar-refractivity contribution in [2.75, 3.05) is 19.7 Å². The molecule has 1 aliphatic rings. The van der Waals surface area contributed by atoms with E-state index in [1.165, 1.54) is 0 Å². The molecule has 0 bridgehead atoms. The summed E-state index contributed by atoms with van der Waals surface area (Å²) in [5, 5.41) is 3.14. The molecule has 5 nitrogen and oxygen atoms in total. The van der Waals surface area contributed by atoms with Gasteiger partial charge in [0, 0.05) is 12.6 Å². The molecule has 126 valence electrons. The van der Waals surface area contributed by atoms with E-state index in [4.69, 9.17) is 4.74 Å². The molecule has 2 N–H and O–H groups in total. The summed E-state index contributed by atoms with van der Waals surface area (Å²) < 4.78 is 32.7. The van der Waals surface area contributed by atoms with Crippen LogP contribution < -0.4 is 14.8 Å². The number of nitrogens with one attached hydrogen (secondary N) is 2. The number of benzene rings is 1. The van der Waals surface area contributed by atoms with Crippen molar-refractivity contribution in [2.24, 2.45) is 0 Å². The Hall–Kier alpha value is -0.820. The fraction of sp³-hybridized carbons (Fsp3) is 0.600. The van der Waals surface area contributed by atoms with Gasteiger partial charge in [-0.05, 0) is 43.7 Å². The standard InChI is InChI=1S/C15H24N2O3S.ClH/c1-2-3-4-11-20-14-5-7-15(8-6-14)21(18,19)17-13-9-10-16-12-13;/h5-8,13,16-17H,2-4,9-12H2,1H3;1H. The average Bonchev–Trinajstić information content (AvgIpc) is 2.96. The van der Waals surface area contributed by atoms with Gasteiger partial charge in [-0.3, -0.25) is 0 Å². The van der Waals surface area contributed by atoms with Gasteiger partial charge in [-0.2, -0.15) is 0 Å². The van der Waals surface area contributed by atoms with Crippen molar-refractivity contribution < 1.29 is 13.2 Å². The van der Waals surface area contributed by atoms with Crippen LogP contribution in [0.4, 0.5) is 0 Å². The number of halogens is 1. The molecule has 0 saturated carbocycles. The zero-order valence-corrected chi connectivity index (χ0v) is 14.5. The third-order valence-electron chi connectivity index (χ3n) is 3.53. The summed E-state index contributed by atoms with van der Waals surface area (Å²) in [7, 11) is -3.44. The first-order chi connectivity index (χ1) is 10.1. The van der Waals surface area contributed by atoms with Crippen molar-refractivity contribution in [3.63, 3.8) is 0 Å². The molecule has 7 heteroatoms. The van der Waals surface area contributed by atoms with Crippen LogP contribution >= 0.6 is 12.4 Å². The van der Waals surface area contributed by atoms with Crippen LogP contribution in [0.1, 0.15) is 32.6 Å². The molecule has 0 spiro atoms. The minimum absolute atomic E-state index is 0. The number of ether oxygens (including phenoxy) is 1. The van der Waals surface area contributed by atoms with Gasteiger partial charge in [-0.1, -0.05) is 19.8 Å². The predicted molar refractivity (Wildman–Crippen MR) is 90.3 cm³/mol. The predicted octanol–water partition coefficient (Wildman–Crippen LogP) is 2.32. The first-order valence-corrected chi connectivity index (χ1v) is 9.06. The van der Waals surface area contributed by atoms with Gasteiger partial charge in [-0.15, -0.1) is 12.4 Å². The van der Waals surface area contributed by atoms with Crippen molar-refractivity contribution in [1.29, 1.82) is 0 Å². The molecule has 1 saturated heterocycles. The van der Waals surface area contributed by atoms with Crippen LogP contribution in [0.3, 0.4) is 0 Å². The second-order valence-electron chi connectivity index (χ2n) is 5.34. The Balaban J connectivity index is 0.00000242. The molecule has 1 fully saturated rings. The van der Waals surface area contributed by atoms with Crippen LogP contribution in [-0.2, 0) is 10.0 Å². The van der Waals surface area contributed by atoms with Crippen LogP contribution in [0.15, 0.2) is 29.2 Å². The van der Waals surface area contributed by atoms with Crippen molar-refractivity contribution in [1.82, 2.24) is 10.0 Å². The summed E-state index contributed by atoms with van der Waals surface area (Å²) in [4.78, 5) is 0.287. The Morgan fingerprint density at radius 2 is 2.00 bits per heavy atom. The Bertz CT molecular complexity index is 528. The fourth-order valence-corrected chi connectivity index (χ4v) is 3.57. The van der Waals surface area contributed by atoms with Crippen molar-refractivity contribution in [3.05, 3.63) is 24.3 Å². The summed E-state index contributed by atoms with van der Waals surface area (Å²) in [5.74, 6) is 0.715. The lowest BCUT2D eigenvalue weighted by molar-refractivity contribution is 0.306. The molecule has 1 aliphatic heterocycles. The van der Waals surface area contributed by atoms with Gasteiger partial charge >= 0.3 is 0 Å². The second-order valence-corrected chi connectivity index (χ2v) is 7.05. The van der Waals surface area contributed by atoms with E-state index in [9.17, 15) is 8.42 Å². The summed E-state index contributed by atoms with van der Waals surface area (Å²) in [6.07, 6.45) is 4.15. The molecular formula is C15H25ClN2O3S. The minimum atomic E-state index is -3.44. The van der Waals surface area contributed by atoms with E-state index in [-0.39, 0.29) is 23.3 Å². The zero-order chi connectivity index (χ0) is 15.1. The average molecular weight is 349 g/mol. The number of rotatable bonds is 8. The number of hydrogen-bond acceptors (Lipinski definition) is 4. The van der Waals surface area contributed by atoms with Crippen LogP contribution in [0, 0.1) is 0 Å². The highest BCUT2D eigenvalue weighted by Crippen LogP contribution is 2.17. The highest BCUT2D eigenvalue weighted by Gasteiger charge is 2.22. The molecule has 1 atom stereocenters. The lowest BCUT2D eigenvalue weighted by atomic mass is 10.3. The summed E-state index contributed by atoms with van der Waals surface area (Å²) in [6, 6.07) is 6.61. The summed E-state index contributed by atoms with van der Waals surface area (Å²) >= 11 is 0. The maximum absolute atomic E-state index is 12.2. The first kappa shape index (κ1) is 19.2. The zero-order valence-electron chi connectivity index (χ0n) is 12.9. The third-order valence-corrected chi connectivity index (χ3v) is 5.07. The van der Waals surface area contributed by atoms with E-state index in [0.717, 1.165) is 32.2 Å². The van der Waals surface area contributed by atoms with Gasteiger partial charge in [0.05, 0.1) is 11.5 Å². The molecule has 0 aliphatic carbocycles. The van der Waals surface area contributed by atoms with Crippen molar-refractivity contribution in [2.45, 2.75) is 43.5 Å². The monoisotopic (exact) mass is 348 g/mol. The van der Waals surface area contributed by atoms with Gasteiger partial charge in [0.15, 0.2) is 0 Å². The Kier molecular flexibility index (Phi) is 8.17. The fourth-order valence-electron chi connectivity index (χ4n) is 2.30. The molecule has 1 aromatic rings. The summed E-state index contributed by atoms with van der Waals surface area (Å²) in [5.41, 5.74) is 0. The quantitative estimate of drug-likeness (QED) is 0.707. The normalized spacial score (nSPS) is 18.0. The van der Waals surface area contributed by atoms with E-state index < -0.39 is 10.0 Å². The van der Waals surface area contributed by atoms with E-state index >= 15 is 0 Å². The number of unbranched alkanes of at least 4 members (excludes halogenated alkanes) is 2. The number of hydrogen-bond donors (Lipinski definition) is 2. The number of sulfonamides is 1. The maximum Gasteiger partial charge on any atom is 0.240 e. The smallest absolute Gasteiger partial charge is 0.240 e. The van der Waals surface area contributed by atoms with Gasteiger partial charge in [0.2, 0.25) is 10.0 Å². The molecule has 0 aromatic heterocycles. The molecule has 1 unspecified atom stereocenters. The Morgan fingerprint density at radius 1 is 1.27 bits per heavy atom. The molecular weight excluding hydrogens is 324 g/mol. The highest BCUT2D eigenvalue weighted by atomic mass is 35.5. The van der Waals surface area contributed by atoms with E-state index in [1.807, 2.05) is 0 Å². The first-order valence-electron chi connectivity index (χ1n) is 7.58. The molecule has 1 aromatic carbocycles. The molecule has 2 rings (SSSR count). The molecule has 1 heterocycles. The topological polar surface area (TPSA) is 67.4 Å². The molecule has 0 radical (unpaired) electrons. The van der Waals surface area contributed by atoms with Crippen molar-refractivity contribution in [3.8, 4) is 5.75 Å². The lowest BCUT2D eigenvalue weighted by Gasteiger charge is -2.12. The maximum atomic E-state index is 12.2. The van der Waals surface area contributed by atoms with E-state index in [0.29, 0.717) is 18.9 Å². The van der Waals surface area contributed by atoms with Crippen LogP contribution in [0.5, 0.6) is 5.75 Å². The Morgan fingerprint density at radius 3 is 2.59 bits per heavy atom. The third kappa shape index (κ3) is 5.76. The second kappa shape index (κ2) is 9.35. The largest absolute Gasteiger partial charge is 0.494 e. The van der Waals surface area contributed by atoms with E-state index in [2.05, 4.69) is 17.0 Å². The van der Waals surface area contributed by atoms with Gasteiger partial charge in [-0.25, -0.2) is 13.1 Å². The molecule has 0 amide bonds. The van der Waals surface area contributed by atoms with Gasteiger partial charge < -0.3 is 10.1 Å². The van der Waals surface area contributed by atoms with Crippen LogP contribution in [0.25, 0.3) is 0 Å². The van der Waals surface area contributed by atoms with Crippen molar-refractivity contribution >= 4 is 22.4 Å². The molecule has 22 heavy (non-hydrogen) atoms. The Labute approximate surface area is 139 Å². The van der Waals surface area contributed by atoms with Gasteiger partial charge in [0.1, 0.15) is 5.75 Å². The highest BCUT2D eigenvalue weighted by molar-refractivity contribution is 7.89. The SMILES string of the molecule is CCCCCOc1ccc(S(=O)(=O)NC2CCNC2)cc1.Cl. The minimum Gasteiger partial charge on any atom is -0.494 e.